The highest BCUT2D eigenvalue weighted by molar-refractivity contribution is 5.89. The number of carbonyl (C=O) groups is 2. The van der Waals surface area contributed by atoms with Crippen molar-refractivity contribution >= 4 is 11.8 Å². The second-order valence-corrected chi connectivity index (χ2v) is 5.71. The van der Waals surface area contributed by atoms with Gasteiger partial charge in [0.15, 0.2) is 0 Å². The van der Waals surface area contributed by atoms with Crippen molar-refractivity contribution in [3.05, 3.63) is 71.0 Å². The minimum atomic E-state index is -0.340. The Morgan fingerprint density at radius 2 is 1.46 bits per heavy atom. The molecule has 126 valence electrons. The first-order chi connectivity index (χ1) is 11.6. The molecule has 2 aromatic carbocycles. The Morgan fingerprint density at radius 3 is 2.00 bits per heavy atom. The first kappa shape index (κ1) is 17.9. The number of hydrogen-bond donors (Lipinski definition) is 0. The summed E-state index contributed by atoms with van der Waals surface area (Å²) in [6.07, 6.45) is 2.37. The van der Waals surface area contributed by atoms with Gasteiger partial charge in [0.25, 0.3) is 0 Å². The number of ketones is 1. The molecule has 0 fully saturated rings. The van der Waals surface area contributed by atoms with Gasteiger partial charge in [0.1, 0.15) is 11.6 Å². The lowest BCUT2D eigenvalue weighted by atomic mass is 10.0. The molecular weight excluding hydrogens is 307 g/mol. The Kier molecular flexibility index (Phi) is 6.67. The summed E-state index contributed by atoms with van der Waals surface area (Å²) in [5.74, 6) is -0.611. The first-order valence-electron chi connectivity index (χ1n) is 8.10. The lowest BCUT2D eigenvalue weighted by Gasteiger charge is -2.05. The van der Waals surface area contributed by atoms with Gasteiger partial charge in [-0.15, -0.1) is 0 Å². The molecule has 0 aromatic heterocycles. The summed E-state index contributed by atoms with van der Waals surface area (Å²) in [4.78, 5) is 23.9. The maximum absolute atomic E-state index is 12.8. The van der Waals surface area contributed by atoms with Gasteiger partial charge in [-0.25, -0.2) is 9.18 Å². The number of rotatable bonds is 8. The van der Waals surface area contributed by atoms with Crippen LogP contribution in [0.1, 0.15) is 41.3 Å². The molecule has 0 heterocycles. The Labute approximate surface area is 141 Å². The van der Waals surface area contributed by atoms with E-state index in [2.05, 4.69) is 0 Å². The molecule has 0 aliphatic carbocycles. The molecule has 0 aliphatic rings. The van der Waals surface area contributed by atoms with Gasteiger partial charge in [-0.1, -0.05) is 37.6 Å². The highest BCUT2D eigenvalue weighted by Crippen LogP contribution is 2.10. The molecule has 0 bridgehead atoms. The van der Waals surface area contributed by atoms with E-state index in [1.54, 1.807) is 36.4 Å². The zero-order valence-corrected chi connectivity index (χ0v) is 13.8. The van der Waals surface area contributed by atoms with Crippen molar-refractivity contribution in [1.29, 1.82) is 0 Å². The lowest BCUT2D eigenvalue weighted by molar-refractivity contribution is -0.117. The van der Waals surface area contributed by atoms with Crippen molar-refractivity contribution in [3.63, 3.8) is 0 Å². The molecule has 0 N–H and O–H groups in total. The predicted molar refractivity (Wildman–Crippen MR) is 90.4 cm³/mol. The number of hydrogen-bond acceptors (Lipinski definition) is 3. The van der Waals surface area contributed by atoms with Crippen molar-refractivity contribution in [1.82, 2.24) is 0 Å². The fourth-order valence-corrected chi connectivity index (χ4v) is 2.27. The molecule has 2 aromatic rings. The molecule has 0 saturated carbocycles. The van der Waals surface area contributed by atoms with Crippen LogP contribution in [0.5, 0.6) is 0 Å². The van der Waals surface area contributed by atoms with Crippen LogP contribution in [0.25, 0.3) is 0 Å². The quantitative estimate of drug-likeness (QED) is 0.540. The Morgan fingerprint density at radius 1 is 0.917 bits per heavy atom. The average molecular weight is 328 g/mol. The summed E-state index contributed by atoms with van der Waals surface area (Å²) >= 11 is 0. The lowest BCUT2D eigenvalue weighted by Crippen LogP contribution is -2.08. The van der Waals surface area contributed by atoms with Crippen molar-refractivity contribution < 1.29 is 18.7 Å². The number of unbranched alkanes of at least 4 members (excludes halogenated alkanes) is 1. The number of benzene rings is 2. The topological polar surface area (TPSA) is 43.4 Å². The average Bonchev–Trinajstić information content (AvgIpc) is 2.58. The molecule has 0 amide bonds. The zero-order chi connectivity index (χ0) is 17.4. The van der Waals surface area contributed by atoms with Gasteiger partial charge in [-0.2, -0.15) is 0 Å². The number of Topliss-reactive ketones (excluding diaryl/α,β-unsaturated/α-hetero) is 1. The minimum Gasteiger partial charge on any atom is -0.462 e. The van der Waals surface area contributed by atoms with Gasteiger partial charge in [0.05, 0.1) is 12.2 Å². The summed E-state index contributed by atoms with van der Waals surface area (Å²) in [6, 6.07) is 12.8. The van der Waals surface area contributed by atoms with Crippen LogP contribution in [0.15, 0.2) is 48.5 Å². The SMILES string of the molecule is CCCCOC(=O)c1ccc(CC(=O)Cc2ccc(F)cc2)cc1. The molecule has 0 aliphatic heterocycles. The van der Waals surface area contributed by atoms with E-state index >= 15 is 0 Å². The Bertz CT molecular complexity index is 675. The van der Waals surface area contributed by atoms with E-state index < -0.39 is 0 Å². The summed E-state index contributed by atoms with van der Waals surface area (Å²) in [6.45, 7) is 2.46. The monoisotopic (exact) mass is 328 g/mol. The number of halogens is 1. The Hall–Kier alpha value is -2.49. The van der Waals surface area contributed by atoms with E-state index in [1.807, 2.05) is 6.92 Å². The second-order valence-electron chi connectivity index (χ2n) is 5.71. The smallest absolute Gasteiger partial charge is 0.338 e. The normalized spacial score (nSPS) is 10.4. The summed E-state index contributed by atoms with van der Waals surface area (Å²) in [5.41, 5.74) is 2.12. The number of ether oxygens (including phenoxy) is 1. The first-order valence-corrected chi connectivity index (χ1v) is 8.10. The molecule has 4 heteroatoms. The third-order valence-corrected chi connectivity index (χ3v) is 3.64. The van der Waals surface area contributed by atoms with Gasteiger partial charge in [0.2, 0.25) is 0 Å². The third-order valence-electron chi connectivity index (χ3n) is 3.64. The van der Waals surface area contributed by atoms with Crippen molar-refractivity contribution in [2.45, 2.75) is 32.6 Å². The second kappa shape index (κ2) is 8.96. The van der Waals surface area contributed by atoms with Crippen molar-refractivity contribution in [3.8, 4) is 0 Å². The fourth-order valence-electron chi connectivity index (χ4n) is 2.27. The van der Waals surface area contributed by atoms with Gasteiger partial charge >= 0.3 is 5.97 Å². The predicted octanol–water partition coefficient (Wildman–Crippen LogP) is 4.14. The summed E-state index contributed by atoms with van der Waals surface area (Å²) in [7, 11) is 0. The number of carbonyl (C=O) groups excluding carboxylic acids is 2. The van der Waals surface area contributed by atoms with E-state index in [4.69, 9.17) is 4.74 Å². The van der Waals surface area contributed by atoms with Gasteiger partial charge in [-0.3, -0.25) is 4.79 Å². The summed E-state index contributed by atoms with van der Waals surface area (Å²) in [5, 5.41) is 0. The van der Waals surface area contributed by atoms with Crippen molar-refractivity contribution in [2.24, 2.45) is 0 Å². The molecule has 0 radical (unpaired) electrons. The minimum absolute atomic E-state index is 0.0416. The van der Waals surface area contributed by atoms with Gasteiger partial charge < -0.3 is 4.74 Å². The maximum atomic E-state index is 12.8. The van der Waals surface area contributed by atoms with E-state index in [9.17, 15) is 14.0 Å². The van der Waals surface area contributed by atoms with Gasteiger partial charge in [-0.05, 0) is 41.8 Å². The zero-order valence-electron chi connectivity index (χ0n) is 13.8. The molecule has 3 nitrogen and oxygen atoms in total. The number of esters is 1. The molecule has 0 atom stereocenters. The summed E-state index contributed by atoms with van der Waals surface area (Å²) < 4.78 is 18.0. The van der Waals surface area contributed by atoms with E-state index in [1.165, 1.54) is 12.1 Å². The van der Waals surface area contributed by atoms with E-state index in [0.717, 1.165) is 24.0 Å². The molecular formula is C20H21FO3. The molecule has 0 unspecified atom stereocenters. The van der Waals surface area contributed by atoms with E-state index in [0.29, 0.717) is 12.2 Å². The highest BCUT2D eigenvalue weighted by atomic mass is 19.1. The van der Waals surface area contributed by atoms with Gasteiger partial charge in [0, 0.05) is 12.8 Å². The van der Waals surface area contributed by atoms with Crippen LogP contribution in [0.4, 0.5) is 4.39 Å². The van der Waals surface area contributed by atoms with Crippen LogP contribution in [0.3, 0.4) is 0 Å². The fraction of sp³-hybridized carbons (Fsp3) is 0.300. The van der Waals surface area contributed by atoms with Crippen LogP contribution in [-0.2, 0) is 22.4 Å². The van der Waals surface area contributed by atoms with Crippen molar-refractivity contribution in [2.75, 3.05) is 6.61 Å². The largest absolute Gasteiger partial charge is 0.462 e. The highest BCUT2D eigenvalue weighted by Gasteiger charge is 2.09. The van der Waals surface area contributed by atoms with Crippen LogP contribution in [0.2, 0.25) is 0 Å². The molecule has 2 rings (SSSR count). The van der Waals surface area contributed by atoms with Crippen LogP contribution in [0, 0.1) is 5.82 Å². The van der Waals surface area contributed by atoms with E-state index in [-0.39, 0.29) is 30.4 Å². The molecule has 24 heavy (non-hydrogen) atoms. The Balaban J connectivity index is 1.87. The maximum Gasteiger partial charge on any atom is 0.338 e. The van der Waals surface area contributed by atoms with Crippen LogP contribution >= 0.6 is 0 Å². The molecule has 0 saturated heterocycles. The van der Waals surface area contributed by atoms with Crippen LogP contribution in [-0.4, -0.2) is 18.4 Å². The molecule has 0 spiro atoms. The van der Waals surface area contributed by atoms with Crippen LogP contribution < -0.4 is 0 Å². The third kappa shape index (κ3) is 5.61. The standard InChI is InChI=1S/C20H21FO3/c1-2-3-12-24-20(23)17-8-4-15(5-9-17)13-19(22)14-16-6-10-18(21)11-7-16/h4-11H,2-3,12-14H2,1H3.